The fourth-order valence-electron chi connectivity index (χ4n) is 1.78. The van der Waals surface area contributed by atoms with Gasteiger partial charge in [0.2, 0.25) is 0 Å². The summed E-state index contributed by atoms with van der Waals surface area (Å²) in [5.41, 5.74) is 5.66. The molecule has 0 heterocycles. The average Bonchev–Trinajstić information content (AvgIpc) is 1.59. The number of hydrogen-bond donors (Lipinski definition) is 1. The van der Waals surface area contributed by atoms with Crippen LogP contribution in [0.3, 0.4) is 0 Å². The maximum Gasteiger partial charge on any atom is 0.00725 e. The highest BCUT2D eigenvalue weighted by molar-refractivity contribution is 4.98. The molecule has 0 aliphatic heterocycles. The zero-order chi connectivity index (χ0) is 4.85. The molecule has 7 heavy (non-hydrogen) atoms. The third kappa shape index (κ3) is 0.325. The molecule has 0 amide bonds. The van der Waals surface area contributed by atoms with Crippen LogP contribution in [0.2, 0.25) is 0 Å². The molecule has 1 heteroatoms. The lowest BCUT2D eigenvalue weighted by Crippen LogP contribution is -2.53. The van der Waals surface area contributed by atoms with Crippen LogP contribution in [0.4, 0.5) is 0 Å². The Morgan fingerprint density at radius 1 is 1.29 bits per heavy atom. The normalized spacial score (nSPS) is 57.0. The molecule has 40 valence electrons. The first-order chi connectivity index (χ1) is 3.38. The van der Waals surface area contributed by atoms with Crippen molar-refractivity contribution in [1.82, 2.24) is 0 Å². The molecule has 2 fully saturated rings. The summed E-state index contributed by atoms with van der Waals surface area (Å²) in [5.74, 6) is 2.02. The summed E-state index contributed by atoms with van der Waals surface area (Å²) in [6.07, 6.45) is 4.22. The quantitative estimate of drug-likeness (QED) is 0.474. The van der Waals surface area contributed by atoms with Gasteiger partial charge < -0.3 is 5.73 Å². The molecule has 2 aliphatic carbocycles. The summed E-state index contributed by atoms with van der Waals surface area (Å²) in [4.78, 5) is 0. The van der Waals surface area contributed by atoms with Crippen molar-refractivity contribution in [2.75, 3.05) is 0 Å². The van der Waals surface area contributed by atoms with E-state index in [2.05, 4.69) is 0 Å². The van der Waals surface area contributed by atoms with Crippen molar-refractivity contribution in [2.45, 2.75) is 25.3 Å². The molecular weight excluding hydrogens is 86.1 g/mol. The minimum Gasteiger partial charge on any atom is -0.327 e. The van der Waals surface area contributed by atoms with E-state index in [1.165, 1.54) is 19.3 Å². The molecule has 2 aliphatic rings. The predicted octanol–water partition coefficient (Wildman–Crippen LogP) is 0.744. The van der Waals surface area contributed by atoms with E-state index in [0.29, 0.717) is 6.04 Å². The van der Waals surface area contributed by atoms with E-state index in [-0.39, 0.29) is 0 Å². The molecule has 2 unspecified atom stereocenters. The SMILES string of the molecule is NC1C[C@@H]2CCC12. The van der Waals surface area contributed by atoms with Crippen LogP contribution in [0, 0.1) is 11.8 Å². The Labute approximate surface area is 43.9 Å². The number of rotatable bonds is 0. The van der Waals surface area contributed by atoms with Crippen molar-refractivity contribution in [3.63, 3.8) is 0 Å². The van der Waals surface area contributed by atoms with E-state index >= 15 is 0 Å². The standard InChI is InChI=1S/C6H11N/c7-6-3-4-1-2-5(4)6/h4-6H,1-3,7H2/t4-,5?,6?/m0/s1. The van der Waals surface area contributed by atoms with Crippen LogP contribution in [0.1, 0.15) is 19.3 Å². The van der Waals surface area contributed by atoms with Crippen molar-refractivity contribution in [1.29, 1.82) is 0 Å². The van der Waals surface area contributed by atoms with Gasteiger partial charge in [-0.3, -0.25) is 0 Å². The molecule has 2 saturated carbocycles. The van der Waals surface area contributed by atoms with E-state index in [1.807, 2.05) is 0 Å². The Morgan fingerprint density at radius 3 is 2.14 bits per heavy atom. The Balaban J connectivity index is 1.99. The second-order valence-corrected chi connectivity index (χ2v) is 2.90. The summed E-state index contributed by atoms with van der Waals surface area (Å²) in [6, 6.07) is 0.596. The van der Waals surface area contributed by atoms with E-state index < -0.39 is 0 Å². The van der Waals surface area contributed by atoms with Gasteiger partial charge in [-0.1, -0.05) is 0 Å². The summed E-state index contributed by atoms with van der Waals surface area (Å²) in [5, 5.41) is 0. The molecule has 0 spiro atoms. The van der Waals surface area contributed by atoms with Gasteiger partial charge in [0.1, 0.15) is 0 Å². The highest BCUT2D eigenvalue weighted by atomic mass is 14.7. The van der Waals surface area contributed by atoms with Gasteiger partial charge in [-0.25, -0.2) is 0 Å². The van der Waals surface area contributed by atoms with E-state index in [1.54, 1.807) is 0 Å². The van der Waals surface area contributed by atoms with E-state index in [0.717, 1.165) is 11.8 Å². The van der Waals surface area contributed by atoms with Crippen molar-refractivity contribution < 1.29 is 0 Å². The Morgan fingerprint density at radius 2 is 2.14 bits per heavy atom. The maximum atomic E-state index is 5.66. The van der Waals surface area contributed by atoms with Crippen LogP contribution >= 0.6 is 0 Å². The molecule has 2 rings (SSSR count). The lowest BCUT2D eigenvalue weighted by atomic mass is 9.57. The van der Waals surface area contributed by atoms with Gasteiger partial charge in [0.05, 0.1) is 0 Å². The van der Waals surface area contributed by atoms with Crippen LogP contribution in [0.25, 0.3) is 0 Å². The summed E-state index contributed by atoms with van der Waals surface area (Å²) >= 11 is 0. The first kappa shape index (κ1) is 3.90. The van der Waals surface area contributed by atoms with Gasteiger partial charge in [-0.2, -0.15) is 0 Å². The first-order valence-electron chi connectivity index (χ1n) is 3.13. The van der Waals surface area contributed by atoms with Gasteiger partial charge in [-0.05, 0) is 31.1 Å². The average molecular weight is 97.2 g/mol. The predicted molar refractivity (Wildman–Crippen MR) is 28.8 cm³/mol. The minimum atomic E-state index is 0.596. The topological polar surface area (TPSA) is 26.0 Å². The molecule has 0 aromatic carbocycles. The highest BCUT2D eigenvalue weighted by Crippen LogP contribution is 2.48. The monoisotopic (exact) mass is 97.1 g/mol. The molecule has 0 aromatic heterocycles. The van der Waals surface area contributed by atoms with Crippen LogP contribution in [-0.4, -0.2) is 6.04 Å². The fourth-order valence-corrected chi connectivity index (χ4v) is 1.78. The van der Waals surface area contributed by atoms with Gasteiger partial charge in [0, 0.05) is 6.04 Å². The molecular formula is C6H11N. The van der Waals surface area contributed by atoms with E-state index in [9.17, 15) is 0 Å². The largest absolute Gasteiger partial charge is 0.327 e. The third-order valence-electron chi connectivity index (χ3n) is 2.60. The zero-order valence-electron chi connectivity index (χ0n) is 4.43. The molecule has 0 bridgehead atoms. The Bertz CT molecular complexity index is 86.2. The van der Waals surface area contributed by atoms with Crippen LogP contribution in [-0.2, 0) is 0 Å². The van der Waals surface area contributed by atoms with Crippen molar-refractivity contribution in [3.05, 3.63) is 0 Å². The molecule has 1 nitrogen and oxygen atoms in total. The number of hydrogen-bond acceptors (Lipinski definition) is 1. The van der Waals surface area contributed by atoms with Gasteiger partial charge in [0.25, 0.3) is 0 Å². The Hall–Kier alpha value is -0.0400. The molecule has 3 atom stereocenters. The van der Waals surface area contributed by atoms with Crippen molar-refractivity contribution in [3.8, 4) is 0 Å². The number of nitrogens with two attached hydrogens (primary N) is 1. The lowest BCUT2D eigenvalue weighted by molar-refractivity contribution is 0.0258. The summed E-state index contributed by atoms with van der Waals surface area (Å²) in [7, 11) is 0. The molecule has 2 N–H and O–H groups in total. The summed E-state index contributed by atoms with van der Waals surface area (Å²) in [6.45, 7) is 0. The third-order valence-corrected chi connectivity index (χ3v) is 2.60. The van der Waals surface area contributed by atoms with Gasteiger partial charge >= 0.3 is 0 Å². The second kappa shape index (κ2) is 1.03. The zero-order valence-corrected chi connectivity index (χ0v) is 4.43. The van der Waals surface area contributed by atoms with Crippen LogP contribution < -0.4 is 5.73 Å². The highest BCUT2D eigenvalue weighted by Gasteiger charge is 2.44. The van der Waals surface area contributed by atoms with Crippen LogP contribution in [0.15, 0.2) is 0 Å². The minimum absolute atomic E-state index is 0.596. The van der Waals surface area contributed by atoms with Crippen LogP contribution in [0.5, 0.6) is 0 Å². The smallest absolute Gasteiger partial charge is 0.00725 e. The summed E-state index contributed by atoms with van der Waals surface area (Å²) < 4.78 is 0. The molecule has 0 radical (unpaired) electrons. The molecule has 0 saturated heterocycles. The van der Waals surface area contributed by atoms with Crippen molar-refractivity contribution >= 4 is 0 Å². The Kier molecular flexibility index (Phi) is 0.571. The van der Waals surface area contributed by atoms with Gasteiger partial charge in [0.15, 0.2) is 0 Å². The first-order valence-corrected chi connectivity index (χ1v) is 3.13. The van der Waals surface area contributed by atoms with E-state index in [4.69, 9.17) is 5.73 Å². The van der Waals surface area contributed by atoms with Crippen molar-refractivity contribution in [2.24, 2.45) is 17.6 Å². The van der Waals surface area contributed by atoms with Gasteiger partial charge in [-0.15, -0.1) is 0 Å². The lowest BCUT2D eigenvalue weighted by Gasteiger charge is -2.51. The molecule has 0 aromatic rings. The fraction of sp³-hybridized carbons (Fsp3) is 1.00. The maximum absolute atomic E-state index is 5.66. The second-order valence-electron chi connectivity index (χ2n) is 2.90. The number of fused-ring (bicyclic) bond motifs is 1.